The molecule has 32 heavy (non-hydrogen) atoms. The van der Waals surface area contributed by atoms with Gasteiger partial charge in [0.05, 0.1) is 15.8 Å². The number of carbonyl (C=O) groups is 1. The average Bonchev–Trinajstić information content (AvgIpc) is 3.38. The molecule has 0 saturated carbocycles. The number of ketones is 1. The summed E-state index contributed by atoms with van der Waals surface area (Å²) in [5.74, 6) is -0.0193. The van der Waals surface area contributed by atoms with E-state index in [9.17, 15) is 4.79 Å². The van der Waals surface area contributed by atoms with Crippen LogP contribution in [0.1, 0.15) is 32.3 Å². The molecule has 3 aromatic carbocycles. The molecule has 5 rings (SSSR count). The van der Waals surface area contributed by atoms with Crippen LogP contribution in [0.15, 0.2) is 91.0 Å². The van der Waals surface area contributed by atoms with Crippen LogP contribution < -0.4 is 0 Å². The summed E-state index contributed by atoms with van der Waals surface area (Å²) in [7, 11) is 0. The van der Waals surface area contributed by atoms with Gasteiger partial charge in [-0.2, -0.15) is 0 Å². The number of para-hydroxylation sites is 2. The van der Waals surface area contributed by atoms with E-state index in [1.807, 2.05) is 78.9 Å². The van der Waals surface area contributed by atoms with Gasteiger partial charge >= 0.3 is 0 Å². The number of rotatable bonds is 5. The van der Waals surface area contributed by atoms with Gasteiger partial charge in [0.15, 0.2) is 5.78 Å². The molecular formula is C28H22N2OS. The van der Waals surface area contributed by atoms with Gasteiger partial charge in [0.1, 0.15) is 5.01 Å². The molecule has 0 unspecified atom stereocenters. The van der Waals surface area contributed by atoms with E-state index in [0.29, 0.717) is 11.1 Å². The summed E-state index contributed by atoms with van der Waals surface area (Å²) in [6.07, 6.45) is 1.99. The Morgan fingerprint density at radius 2 is 1.53 bits per heavy atom. The molecule has 0 atom stereocenters. The molecule has 2 heterocycles. The van der Waals surface area contributed by atoms with Crippen LogP contribution in [-0.4, -0.2) is 15.3 Å². The van der Waals surface area contributed by atoms with Crippen LogP contribution in [-0.2, 0) is 0 Å². The van der Waals surface area contributed by atoms with E-state index in [1.54, 1.807) is 11.3 Å². The van der Waals surface area contributed by atoms with E-state index in [-0.39, 0.29) is 5.78 Å². The van der Waals surface area contributed by atoms with Gasteiger partial charge in [0, 0.05) is 22.6 Å². The fourth-order valence-corrected chi connectivity index (χ4v) is 5.00. The second kappa shape index (κ2) is 8.40. The van der Waals surface area contributed by atoms with Crippen LogP contribution in [0.5, 0.6) is 0 Å². The first-order valence-corrected chi connectivity index (χ1v) is 11.4. The topological polar surface area (TPSA) is 34.9 Å². The van der Waals surface area contributed by atoms with Crippen molar-refractivity contribution in [1.29, 1.82) is 0 Å². The predicted octanol–water partition coefficient (Wildman–Crippen LogP) is 7.13. The van der Waals surface area contributed by atoms with Crippen molar-refractivity contribution < 1.29 is 4.79 Å². The van der Waals surface area contributed by atoms with Crippen LogP contribution in [0, 0.1) is 13.8 Å². The molecule has 0 fully saturated rings. The van der Waals surface area contributed by atoms with Crippen molar-refractivity contribution in [3.63, 3.8) is 0 Å². The first-order chi connectivity index (χ1) is 15.6. The van der Waals surface area contributed by atoms with E-state index in [0.717, 1.165) is 37.9 Å². The molecular weight excluding hydrogens is 412 g/mol. The van der Waals surface area contributed by atoms with Gasteiger partial charge < -0.3 is 4.57 Å². The Labute approximate surface area is 191 Å². The normalized spacial score (nSPS) is 11.8. The third kappa shape index (κ3) is 3.70. The minimum atomic E-state index is -0.0193. The molecule has 0 spiro atoms. The fraction of sp³-hybridized carbons (Fsp3) is 0.0714. The average molecular weight is 435 g/mol. The number of benzene rings is 3. The monoisotopic (exact) mass is 434 g/mol. The van der Waals surface area contributed by atoms with Crippen LogP contribution >= 0.6 is 11.3 Å². The molecule has 3 nitrogen and oxygen atoms in total. The van der Waals surface area contributed by atoms with Gasteiger partial charge in [-0.25, -0.2) is 4.98 Å². The maximum Gasteiger partial charge on any atom is 0.196 e. The standard InChI is InChI=1S/C28H22N2OS/c1-19-17-22(20(2)30(19)23-13-7-4-8-14-23)18-24(27(31)21-11-5-3-6-12-21)28-29-25-15-9-10-16-26(25)32-28/h3-18H,1-2H3/b24-18-. The number of hydrogen-bond donors (Lipinski definition) is 0. The zero-order valence-electron chi connectivity index (χ0n) is 17.9. The van der Waals surface area contributed by atoms with Crippen LogP contribution in [0.4, 0.5) is 0 Å². The fourth-order valence-electron chi connectivity index (χ4n) is 4.02. The molecule has 0 bridgehead atoms. The maximum atomic E-state index is 13.6. The molecule has 0 amide bonds. The van der Waals surface area contributed by atoms with Crippen molar-refractivity contribution in [3.8, 4) is 5.69 Å². The molecule has 156 valence electrons. The summed E-state index contributed by atoms with van der Waals surface area (Å²) >= 11 is 1.55. The van der Waals surface area contributed by atoms with Crippen molar-refractivity contribution >= 4 is 39.0 Å². The van der Waals surface area contributed by atoms with Crippen molar-refractivity contribution in [2.75, 3.05) is 0 Å². The maximum absolute atomic E-state index is 13.6. The Bertz CT molecular complexity index is 1410. The highest BCUT2D eigenvalue weighted by Gasteiger charge is 2.20. The number of fused-ring (bicyclic) bond motifs is 1. The Hall–Kier alpha value is -3.76. The Balaban J connectivity index is 1.68. The minimum Gasteiger partial charge on any atom is -0.318 e. The van der Waals surface area contributed by atoms with Gasteiger partial charge in [-0.05, 0) is 55.8 Å². The molecule has 0 saturated heterocycles. The van der Waals surface area contributed by atoms with Crippen LogP contribution in [0.2, 0.25) is 0 Å². The molecule has 0 radical (unpaired) electrons. The molecule has 0 N–H and O–H groups in total. The zero-order valence-corrected chi connectivity index (χ0v) is 18.8. The van der Waals surface area contributed by atoms with Crippen molar-refractivity contribution in [2.24, 2.45) is 0 Å². The van der Waals surface area contributed by atoms with Gasteiger partial charge in [0.25, 0.3) is 0 Å². The lowest BCUT2D eigenvalue weighted by Crippen LogP contribution is -2.03. The zero-order chi connectivity index (χ0) is 22.1. The number of carbonyl (C=O) groups excluding carboxylic acids is 1. The highest BCUT2D eigenvalue weighted by Crippen LogP contribution is 2.32. The number of hydrogen-bond acceptors (Lipinski definition) is 3. The number of thiazole rings is 1. The number of nitrogens with zero attached hydrogens (tertiary/aromatic N) is 2. The van der Waals surface area contributed by atoms with E-state index >= 15 is 0 Å². The second-order valence-electron chi connectivity index (χ2n) is 7.74. The minimum absolute atomic E-state index is 0.0193. The van der Waals surface area contributed by atoms with Crippen molar-refractivity contribution in [1.82, 2.24) is 9.55 Å². The van der Waals surface area contributed by atoms with Crippen molar-refractivity contribution in [2.45, 2.75) is 13.8 Å². The smallest absolute Gasteiger partial charge is 0.196 e. The van der Waals surface area contributed by atoms with Gasteiger partial charge in [-0.15, -0.1) is 11.3 Å². The number of aromatic nitrogens is 2. The molecule has 0 aliphatic rings. The third-order valence-electron chi connectivity index (χ3n) is 5.59. The summed E-state index contributed by atoms with van der Waals surface area (Å²) in [5, 5.41) is 0.740. The van der Waals surface area contributed by atoms with Gasteiger partial charge in [-0.3, -0.25) is 4.79 Å². The SMILES string of the molecule is Cc1cc(/C=C(/C(=O)c2ccccc2)c2nc3ccccc3s2)c(C)n1-c1ccccc1. The van der Waals surface area contributed by atoms with E-state index in [2.05, 4.69) is 36.6 Å². The summed E-state index contributed by atoms with van der Waals surface area (Å²) in [4.78, 5) is 18.4. The number of aryl methyl sites for hydroxylation is 1. The van der Waals surface area contributed by atoms with E-state index in [1.165, 1.54) is 0 Å². The van der Waals surface area contributed by atoms with E-state index in [4.69, 9.17) is 4.98 Å². The molecule has 2 aromatic heterocycles. The van der Waals surface area contributed by atoms with Crippen LogP contribution in [0.3, 0.4) is 0 Å². The second-order valence-corrected chi connectivity index (χ2v) is 8.77. The van der Waals surface area contributed by atoms with E-state index < -0.39 is 0 Å². The highest BCUT2D eigenvalue weighted by molar-refractivity contribution is 7.20. The Kier molecular flexibility index (Phi) is 5.29. The highest BCUT2D eigenvalue weighted by atomic mass is 32.1. The summed E-state index contributed by atoms with van der Waals surface area (Å²) in [6.45, 7) is 4.18. The summed E-state index contributed by atoms with van der Waals surface area (Å²) in [6, 6.07) is 29.8. The Morgan fingerprint density at radius 1 is 0.875 bits per heavy atom. The largest absolute Gasteiger partial charge is 0.318 e. The van der Waals surface area contributed by atoms with Crippen molar-refractivity contribution in [3.05, 3.63) is 119 Å². The lowest BCUT2D eigenvalue weighted by Gasteiger charge is -2.09. The molecule has 0 aliphatic heterocycles. The van der Waals surface area contributed by atoms with Gasteiger partial charge in [0.2, 0.25) is 0 Å². The summed E-state index contributed by atoms with van der Waals surface area (Å²) in [5.41, 5.74) is 6.53. The molecule has 4 heteroatoms. The number of allylic oxidation sites excluding steroid dienone is 1. The number of Topliss-reactive ketones (excluding diaryl/α,β-unsaturated/α-hetero) is 1. The lowest BCUT2D eigenvalue weighted by molar-refractivity contribution is 0.105. The first kappa shape index (κ1) is 20.2. The predicted molar refractivity (Wildman–Crippen MR) is 134 cm³/mol. The molecule has 0 aliphatic carbocycles. The molecule has 5 aromatic rings. The Morgan fingerprint density at radius 3 is 2.25 bits per heavy atom. The quantitative estimate of drug-likeness (QED) is 0.218. The first-order valence-electron chi connectivity index (χ1n) is 10.5. The van der Waals surface area contributed by atoms with Gasteiger partial charge in [-0.1, -0.05) is 60.7 Å². The third-order valence-corrected chi connectivity index (χ3v) is 6.66. The summed E-state index contributed by atoms with van der Waals surface area (Å²) < 4.78 is 3.29. The lowest BCUT2D eigenvalue weighted by atomic mass is 10.0. The van der Waals surface area contributed by atoms with Crippen LogP contribution in [0.25, 0.3) is 27.6 Å².